The van der Waals surface area contributed by atoms with E-state index in [4.69, 9.17) is 0 Å². The summed E-state index contributed by atoms with van der Waals surface area (Å²) in [6.45, 7) is 5.03. The Hall–Kier alpha value is -1.28. The molecular formula is C17H21Cl2F2N3OS. The lowest BCUT2D eigenvalue weighted by atomic mass is 9.86. The van der Waals surface area contributed by atoms with Crippen LogP contribution in [0.25, 0.3) is 0 Å². The van der Waals surface area contributed by atoms with Gasteiger partial charge in [-0.15, -0.1) is 36.2 Å². The first-order valence-electron chi connectivity index (χ1n) is 7.86. The first kappa shape index (κ1) is 22.8. The van der Waals surface area contributed by atoms with Crippen LogP contribution in [0.1, 0.15) is 38.3 Å². The third kappa shape index (κ3) is 4.91. The molecule has 0 spiro atoms. The molecule has 1 aromatic heterocycles. The Morgan fingerprint density at radius 3 is 2.62 bits per heavy atom. The molecule has 2 aromatic rings. The van der Waals surface area contributed by atoms with E-state index in [-0.39, 0.29) is 42.7 Å². The van der Waals surface area contributed by atoms with Crippen LogP contribution in [-0.2, 0) is 0 Å². The van der Waals surface area contributed by atoms with Crippen molar-refractivity contribution in [1.82, 2.24) is 15.6 Å². The van der Waals surface area contributed by atoms with Gasteiger partial charge in [0.05, 0.1) is 10.7 Å². The van der Waals surface area contributed by atoms with Crippen molar-refractivity contribution in [2.24, 2.45) is 0 Å². The number of piperidine rings is 1. The molecule has 9 heteroatoms. The van der Waals surface area contributed by atoms with Gasteiger partial charge < -0.3 is 10.6 Å². The maximum absolute atomic E-state index is 13.6. The fourth-order valence-electron chi connectivity index (χ4n) is 3.13. The first-order valence-corrected chi connectivity index (χ1v) is 8.68. The summed E-state index contributed by atoms with van der Waals surface area (Å²) in [5.41, 5.74) is 1.42. The standard InChI is InChI=1S/C17H19F2N3OS.2ClH/c1-9-16(24-10(2)21-9)17(23)22-15-8-20-6-5-12(15)11-3-4-13(18)14(19)7-11;;/h3-4,7,12,15,20H,5-6,8H2,1-2H3,(H,22,23);2*1H. The van der Waals surface area contributed by atoms with Crippen molar-refractivity contribution in [3.63, 3.8) is 0 Å². The van der Waals surface area contributed by atoms with Crippen LogP contribution in [-0.4, -0.2) is 30.0 Å². The lowest BCUT2D eigenvalue weighted by Gasteiger charge is -2.33. The molecule has 0 aliphatic carbocycles. The zero-order chi connectivity index (χ0) is 17.3. The van der Waals surface area contributed by atoms with E-state index in [9.17, 15) is 13.6 Å². The predicted molar refractivity (Wildman–Crippen MR) is 104 cm³/mol. The molecule has 2 heterocycles. The van der Waals surface area contributed by atoms with Gasteiger partial charge in [0.25, 0.3) is 5.91 Å². The molecule has 1 saturated heterocycles. The number of hydrogen-bond acceptors (Lipinski definition) is 4. The third-order valence-corrected chi connectivity index (χ3v) is 5.35. The summed E-state index contributed by atoms with van der Waals surface area (Å²) in [7, 11) is 0. The maximum Gasteiger partial charge on any atom is 0.263 e. The van der Waals surface area contributed by atoms with E-state index in [1.165, 1.54) is 17.4 Å². The minimum absolute atomic E-state index is 0. The Labute approximate surface area is 167 Å². The van der Waals surface area contributed by atoms with Crippen LogP contribution in [0.4, 0.5) is 8.78 Å². The van der Waals surface area contributed by atoms with Crippen molar-refractivity contribution in [1.29, 1.82) is 0 Å². The molecule has 2 N–H and O–H groups in total. The summed E-state index contributed by atoms with van der Waals surface area (Å²) in [4.78, 5) is 17.4. The minimum atomic E-state index is -0.857. The maximum atomic E-state index is 13.6. The quantitative estimate of drug-likeness (QED) is 0.789. The summed E-state index contributed by atoms with van der Waals surface area (Å²) in [5, 5.41) is 7.11. The predicted octanol–water partition coefficient (Wildman–Crippen LogP) is 3.76. The van der Waals surface area contributed by atoms with E-state index in [2.05, 4.69) is 15.6 Å². The zero-order valence-corrected chi connectivity index (χ0v) is 16.8. The van der Waals surface area contributed by atoms with Gasteiger partial charge in [0.2, 0.25) is 0 Å². The Bertz CT molecular complexity index is 772. The summed E-state index contributed by atoms with van der Waals surface area (Å²) < 4.78 is 26.7. The summed E-state index contributed by atoms with van der Waals surface area (Å²) >= 11 is 1.36. The normalized spacial score (nSPS) is 19.2. The van der Waals surface area contributed by atoms with E-state index >= 15 is 0 Å². The van der Waals surface area contributed by atoms with E-state index in [0.29, 0.717) is 22.7 Å². The molecule has 26 heavy (non-hydrogen) atoms. The average molecular weight is 424 g/mol. The Balaban J connectivity index is 0.00000169. The molecule has 0 saturated carbocycles. The third-order valence-electron chi connectivity index (χ3n) is 4.28. The number of nitrogens with one attached hydrogen (secondary N) is 2. The van der Waals surface area contributed by atoms with Crippen LogP contribution in [0.3, 0.4) is 0 Å². The lowest BCUT2D eigenvalue weighted by molar-refractivity contribution is 0.0927. The van der Waals surface area contributed by atoms with Crippen molar-refractivity contribution in [2.75, 3.05) is 13.1 Å². The molecule has 0 bridgehead atoms. The van der Waals surface area contributed by atoms with Gasteiger partial charge >= 0.3 is 0 Å². The van der Waals surface area contributed by atoms with Crippen LogP contribution < -0.4 is 10.6 Å². The number of halogens is 4. The van der Waals surface area contributed by atoms with E-state index in [0.717, 1.165) is 24.0 Å². The lowest BCUT2D eigenvalue weighted by Crippen LogP contribution is -2.50. The molecule has 3 rings (SSSR count). The van der Waals surface area contributed by atoms with Crippen LogP contribution in [0.5, 0.6) is 0 Å². The number of rotatable bonds is 3. The van der Waals surface area contributed by atoms with Crippen LogP contribution in [0.2, 0.25) is 0 Å². The molecule has 1 amide bonds. The molecule has 4 nitrogen and oxygen atoms in total. The van der Waals surface area contributed by atoms with Crippen molar-refractivity contribution < 1.29 is 13.6 Å². The van der Waals surface area contributed by atoms with Gasteiger partial charge in [0.1, 0.15) is 4.88 Å². The van der Waals surface area contributed by atoms with E-state index in [1.807, 2.05) is 13.8 Å². The molecule has 1 fully saturated rings. The van der Waals surface area contributed by atoms with E-state index in [1.54, 1.807) is 6.07 Å². The van der Waals surface area contributed by atoms with Gasteiger partial charge in [-0.1, -0.05) is 6.07 Å². The summed E-state index contributed by atoms with van der Waals surface area (Å²) in [6.07, 6.45) is 0.747. The number of carbonyl (C=O) groups is 1. The van der Waals surface area contributed by atoms with Gasteiger partial charge in [0.15, 0.2) is 11.6 Å². The number of amides is 1. The average Bonchev–Trinajstić information content (AvgIpc) is 2.89. The molecule has 2 unspecified atom stereocenters. The van der Waals surface area contributed by atoms with Gasteiger partial charge in [-0.3, -0.25) is 4.79 Å². The monoisotopic (exact) mass is 423 g/mol. The molecule has 0 radical (unpaired) electrons. The van der Waals surface area contributed by atoms with Crippen LogP contribution >= 0.6 is 36.2 Å². The first-order chi connectivity index (χ1) is 11.5. The topological polar surface area (TPSA) is 54.0 Å². The molecular weight excluding hydrogens is 403 g/mol. The van der Waals surface area contributed by atoms with Gasteiger partial charge in [0, 0.05) is 18.5 Å². The second-order valence-corrected chi connectivity index (χ2v) is 7.20. The second-order valence-electron chi connectivity index (χ2n) is 6.00. The number of nitrogens with zero attached hydrogens (tertiary/aromatic N) is 1. The number of thiazole rings is 1. The van der Waals surface area contributed by atoms with Gasteiger partial charge in [-0.2, -0.15) is 0 Å². The highest BCUT2D eigenvalue weighted by molar-refractivity contribution is 7.13. The van der Waals surface area contributed by atoms with Crippen LogP contribution in [0, 0.1) is 25.5 Å². The van der Waals surface area contributed by atoms with Gasteiger partial charge in [-0.05, 0) is 44.5 Å². The number of benzene rings is 1. The molecule has 1 aromatic carbocycles. The fraction of sp³-hybridized carbons (Fsp3) is 0.412. The Morgan fingerprint density at radius 1 is 1.27 bits per heavy atom. The van der Waals surface area contributed by atoms with Crippen molar-refractivity contribution in [2.45, 2.75) is 32.2 Å². The Morgan fingerprint density at radius 2 is 2.00 bits per heavy atom. The summed E-state index contributed by atoms with van der Waals surface area (Å²) in [5.74, 6) is -1.94. The smallest absolute Gasteiger partial charge is 0.263 e. The highest BCUT2D eigenvalue weighted by Gasteiger charge is 2.29. The highest BCUT2D eigenvalue weighted by Crippen LogP contribution is 2.27. The second kappa shape index (κ2) is 9.60. The Kier molecular flexibility index (Phi) is 8.40. The number of carbonyl (C=O) groups excluding carboxylic acids is 1. The van der Waals surface area contributed by atoms with E-state index < -0.39 is 11.6 Å². The molecule has 144 valence electrons. The zero-order valence-electron chi connectivity index (χ0n) is 14.3. The highest BCUT2D eigenvalue weighted by atomic mass is 35.5. The van der Waals surface area contributed by atoms with Crippen molar-refractivity contribution >= 4 is 42.1 Å². The van der Waals surface area contributed by atoms with Crippen LogP contribution in [0.15, 0.2) is 18.2 Å². The molecule has 1 aliphatic rings. The SMILES string of the molecule is Cc1nc(C)c(C(=O)NC2CNCCC2c2ccc(F)c(F)c2)s1.Cl.Cl. The molecule has 1 aliphatic heterocycles. The number of aromatic nitrogens is 1. The fourth-order valence-corrected chi connectivity index (χ4v) is 3.95. The molecule has 2 atom stereocenters. The van der Waals surface area contributed by atoms with Crippen molar-refractivity contribution in [3.05, 3.63) is 51.0 Å². The number of hydrogen-bond donors (Lipinski definition) is 2. The largest absolute Gasteiger partial charge is 0.347 e. The number of aryl methyl sites for hydroxylation is 2. The van der Waals surface area contributed by atoms with Crippen molar-refractivity contribution in [3.8, 4) is 0 Å². The summed E-state index contributed by atoms with van der Waals surface area (Å²) in [6, 6.07) is 3.78. The minimum Gasteiger partial charge on any atom is -0.347 e. The van der Waals surface area contributed by atoms with Gasteiger partial charge in [-0.25, -0.2) is 13.8 Å².